The smallest absolute Gasteiger partial charge is 0.475 e. The summed E-state index contributed by atoms with van der Waals surface area (Å²) in [7, 11) is 0. The molecule has 4 rings (SSSR count). The Morgan fingerprint density at radius 2 is 1.97 bits per heavy atom. The zero-order chi connectivity index (χ0) is 26.6. The van der Waals surface area contributed by atoms with E-state index < -0.39 is 18.1 Å². The summed E-state index contributed by atoms with van der Waals surface area (Å²) in [4.78, 5) is 37.4. The minimum Gasteiger partial charge on any atom is -0.475 e. The van der Waals surface area contributed by atoms with Crippen LogP contribution in [0.25, 0.3) is 22.3 Å². The molecule has 0 bridgehead atoms. The Hall–Kier alpha value is -4.24. The maximum atomic E-state index is 12.5. The van der Waals surface area contributed by atoms with Gasteiger partial charge in [-0.1, -0.05) is 6.07 Å². The lowest BCUT2D eigenvalue weighted by Crippen LogP contribution is -2.21. The summed E-state index contributed by atoms with van der Waals surface area (Å²) in [5.41, 5.74) is 10.8. The number of carbonyl (C=O) groups is 2. The molecule has 0 aliphatic carbocycles. The maximum Gasteiger partial charge on any atom is 0.490 e. The van der Waals surface area contributed by atoms with E-state index in [0.717, 1.165) is 33.4 Å². The van der Waals surface area contributed by atoms with Crippen molar-refractivity contribution in [3.63, 3.8) is 0 Å². The number of carboxylic acid groups (broad SMARTS) is 1. The average Bonchev–Trinajstić information content (AvgIpc) is 3.20. The standard InChI is InChI=1S/C22H20N4O3.C2HF3O2/c1-13-4-7-19-21-15(12-26(19)22(13)28)9-17-16(3-2-8-29-20(27)11-24)14(10-23)5-6-18(17)25-21;3-2(4,5)1(6)7/h4-7,9H,2-3,8,11-12,24H2,1H3;(H,6,7). The van der Waals surface area contributed by atoms with E-state index in [9.17, 15) is 28.0 Å². The second-order valence-electron chi connectivity index (χ2n) is 7.89. The van der Waals surface area contributed by atoms with E-state index >= 15 is 0 Å². The first-order valence-electron chi connectivity index (χ1n) is 10.7. The van der Waals surface area contributed by atoms with E-state index in [2.05, 4.69) is 6.07 Å². The number of carbonyl (C=O) groups excluding carboxylic acids is 1. The number of halogens is 3. The highest BCUT2D eigenvalue weighted by Crippen LogP contribution is 2.33. The zero-order valence-corrected chi connectivity index (χ0v) is 19.1. The summed E-state index contributed by atoms with van der Waals surface area (Å²) in [6, 6.07) is 11.6. The third-order valence-corrected chi connectivity index (χ3v) is 5.49. The minimum atomic E-state index is -5.08. The number of nitrogens with two attached hydrogens (primary N) is 1. The number of aliphatic carboxylic acids is 1. The van der Waals surface area contributed by atoms with Crippen LogP contribution in [0.5, 0.6) is 0 Å². The summed E-state index contributed by atoms with van der Waals surface area (Å²) in [5, 5.41) is 17.6. The second-order valence-corrected chi connectivity index (χ2v) is 7.89. The number of aryl methyl sites for hydroxylation is 2. The van der Waals surface area contributed by atoms with Gasteiger partial charge in [0.1, 0.15) is 0 Å². The number of hydrogen-bond donors (Lipinski definition) is 2. The van der Waals surface area contributed by atoms with Crippen molar-refractivity contribution < 1.29 is 32.6 Å². The molecule has 0 atom stereocenters. The van der Waals surface area contributed by atoms with Crippen molar-refractivity contribution in [2.75, 3.05) is 13.2 Å². The topological polar surface area (TPSA) is 148 Å². The zero-order valence-electron chi connectivity index (χ0n) is 19.1. The maximum absolute atomic E-state index is 12.5. The summed E-state index contributed by atoms with van der Waals surface area (Å²) in [6.45, 7) is 2.37. The fourth-order valence-electron chi connectivity index (χ4n) is 3.78. The van der Waals surface area contributed by atoms with Crippen molar-refractivity contribution >= 4 is 22.8 Å². The number of hydrogen-bond acceptors (Lipinski definition) is 7. The number of benzene rings is 1. The molecule has 0 spiro atoms. The van der Waals surface area contributed by atoms with E-state index in [1.165, 1.54) is 0 Å². The molecule has 9 nitrogen and oxygen atoms in total. The molecule has 0 amide bonds. The summed E-state index contributed by atoms with van der Waals surface area (Å²) in [5.74, 6) is -3.20. The van der Waals surface area contributed by atoms with Crippen LogP contribution in [0.2, 0.25) is 0 Å². The Morgan fingerprint density at radius 1 is 1.28 bits per heavy atom. The number of fused-ring (bicyclic) bond motifs is 4. The minimum absolute atomic E-state index is 0.00999. The molecule has 2 aromatic heterocycles. The van der Waals surface area contributed by atoms with E-state index in [-0.39, 0.29) is 18.7 Å². The number of esters is 1. The van der Waals surface area contributed by atoms with Gasteiger partial charge in [-0.15, -0.1) is 0 Å². The molecule has 1 aliphatic heterocycles. The van der Waals surface area contributed by atoms with Crippen LogP contribution < -0.4 is 11.3 Å². The molecule has 3 N–H and O–H groups in total. The van der Waals surface area contributed by atoms with Crippen molar-refractivity contribution in [1.29, 1.82) is 5.26 Å². The van der Waals surface area contributed by atoms with Gasteiger partial charge in [0.15, 0.2) is 0 Å². The Kier molecular flexibility index (Phi) is 7.74. The third-order valence-electron chi connectivity index (χ3n) is 5.49. The number of alkyl halides is 3. The second kappa shape index (κ2) is 10.6. The molecule has 0 radical (unpaired) electrons. The molecule has 0 fully saturated rings. The van der Waals surface area contributed by atoms with Gasteiger partial charge >= 0.3 is 18.1 Å². The van der Waals surface area contributed by atoms with Gasteiger partial charge in [0.05, 0.1) is 48.2 Å². The Balaban J connectivity index is 0.000000454. The van der Waals surface area contributed by atoms with E-state index in [4.69, 9.17) is 25.4 Å². The molecule has 12 heteroatoms. The number of rotatable bonds is 5. The quantitative estimate of drug-likeness (QED) is 0.313. The largest absolute Gasteiger partial charge is 0.490 e. The van der Waals surface area contributed by atoms with Crippen molar-refractivity contribution in [3.8, 4) is 17.5 Å². The number of carboxylic acids is 1. The van der Waals surface area contributed by atoms with Crippen LogP contribution in [0.1, 0.15) is 28.7 Å². The molecule has 188 valence electrons. The third kappa shape index (κ3) is 5.52. The number of ether oxygens (including phenoxy) is 1. The average molecular weight is 502 g/mol. The molecule has 3 aromatic rings. The molecule has 1 aromatic carbocycles. The molecule has 36 heavy (non-hydrogen) atoms. The van der Waals surface area contributed by atoms with E-state index in [1.54, 1.807) is 17.6 Å². The van der Waals surface area contributed by atoms with Crippen LogP contribution in [-0.2, 0) is 27.3 Å². The van der Waals surface area contributed by atoms with Gasteiger partial charge in [0.25, 0.3) is 5.56 Å². The van der Waals surface area contributed by atoms with Gasteiger partial charge in [-0.25, -0.2) is 9.78 Å². The fourth-order valence-corrected chi connectivity index (χ4v) is 3.78. The number of pyridine rings is 2. The molecule has 0 unspecified atom stereocenters. The van der Waals surface area contributed by atoms with E-state index in [0.29, 0.717) is 30.5 Å². The molecule has 0 saturated carbocycles. The van der Waals surface area contributed by atoms with Gasteiger partial charge in [-0.3, -0.25) is 9.59 Å². The van der Waals surface area contributed by atoms with Crippen LogP contribution in [0.15, 0.2) is 35.1 Å². The Bertz CT molecular complexity index is 1440. The van der Waals surface area contributed by atoms with Gasteiger partial charge in [-0.05, 0) is 49.6 Å². The predicted octanol–water partition coefficient (Wildman–Crippen LogP) is 2.67. The van der Waals surface area contributed by atoms with Crippen LogP contribution in [-0.4, -0.2) is 45.9 Å². The molecular weight excluding hydrogens is 481 g/mol. The summed E-state index contributed by atoms with van der Waals surface area (Å²) >= 11 is 0. The van der Waals surface area contributed by atoms with Crippen molar-refractivity contribution in [2.45, 2.75) is 32.5 Å². The van der Waals surface area contributed by atoms with Crippen molar-refractivity contribution in [2.24, 2.45) is 5.73 Å². The van der Waals surface area contributed by atoms with Crippen LogP contribution in [0.4, 0.5) is 13.2 Å². The van der Waals surface area contributed by atoms with Crippen LogP contribution in [0, 0.1) is 18.3 Å². The molecule has 1 aliphatic rings. The molecule has 3 heterocycles. The van der Waals surface area contributed by atoms with Crippen LogP contribution >= 0.6 is 0 Å². The van der Waals surface area contributed by atoms with Gasteiger partial charge in [-0.2, -0.15) is 18.4 Å². The number of aromatic nitrogens is 2. The first kappa shape index (κ1) is 26.4. The SMILES string of the molecule is Cc1ccc2n(c1=O)Cc1cc3c(CCCOC(=O)CN)c(C#N)ccc3nc1-2.O=C(O)C(F)(F)F. The van der Waals surface area contributed by atoms with Gasteiger partial charge in [0, 0.05) is 16.5 Å². The van der Waals surface area contributed by atoms with Crippen LogP contribution in [0.3, 0.4) is 0 Å². The highest BCUT2D eigenvalue weighted by atomic mass is 19.4. The normalized spacial score (nSPS) is 11.7. The van der Waals surface area contributed by atoms with Gasteiger partial charge < -0.3 is 20.1 Å². The lowest BCUT2D eigenvalue weighted by molar-refractivity contribution is -0.192. The number of nitriles is 1. The van der Waals surface area contributed by atoms with Crippen molar-refractivity contribution in [3.05, 3.63) is 62.9 Å². The Morgan fingerprint density at radius 3 is 2.58 bits per heavy atom. The lowest BCUT2D eigenvalue weighted by Gasteiger charge is -2.11. The first-order chi connectivity index (χ1) is 17.0. The van der Waals surface area contributed by atoms with Gasteiger partial charge in [0.2, 0.25) is 0 Å². The molecule has 0 saturated heterocycles. The highest BCUT2D eigenvalue weighted by Gasteiger charge is 2.38. The highest BCUT2D eigenvalue weighted by molar-refractivity contribution is 5.88. The molecular formula is C24H21F3N4O5. The fraction of sp³-hybridized carbons (Fsp3) is 0.292. The monoisotopic (exact) mass is 502 g/mol. The predicted molar refractivity (Wildman–Crippen MR) is 122 cm³/mol. The van der Waals surface area contributed by atoms with E-state index in [1.807, 2.05) is 24.3 Å². The summed E-state index contributed by atoms with van der Waals surface area (Å²) < 4.78 is 38.5. The summed E-state index contributed by atoms with van der Waals surface area (Å²) in [6.07, 6.45) is -3.93. The lowest BCUT2D eigenvalue weighted by atomic mass is 9.96. The number of nitrogens with zero attached hydrogens (tertiary/aromatic N) is 3. The first-order valence-corrected chi connectivity index (χ1v) is 10.7. The Labute approximate surface area is 202 Å². The van der Waals surface area contributed by atoms with Crippen molar-refractivity contribution in [1.82, 2.24) is 9.55 Å².